The van der Waals surface area contributed by atoms with Gasteiger partial charge in [-0.3, -0.25) is 0 Å². The van der Waals surface area contributed by atoms with Crippen molar-refractivity contribution in [2.45, 2.75) is 13.3 Å². The third-order valence-electron chi connectivity index (χ3n) is 6.00. The molecule has 2 saturated heterocycles. The highest BCUT2D eigenvalue weighted by molar-refractivity contribution is 5.87. The standard InChI is InChI=1S/C19H20N8/c1-19-10-26(18-15-4-6-21-17(15)22-12-23-18)7-5-13(19)9-27(11-19)16-3-2-14(8-20)24-25-16/h2-4,6,12-13H,5,7,9-11H2,1H3,(H,21,22,23)/t13?,19-/m0/s1. The molecule has 27 heavy (non-hydrogen) atoms. The Hall–Kier alpha value is -3.21. The van der Waals surface area contributed by atoms with Crippen LogP contribution in [0.4, 0.5) is 11.6 Å². The Morgan fingerprint density at radius 2 is 2.07 bits per heavy atom. The third kappa shape index (κ3) is 2.58. The number of nitriles is 1. The summed E-state index contributed by atoms with van der Waals surface area (Å²) in [7, 11) is 0. The van der Waals surface area contributed by atoms with E-state index in [1.54, 1.807) is 12.4 Å². The molecule has 8 heteroatoms. The maximum atomic E-state index is 8.92. The van der Waals surface area contributed by atoms with Crippen LogP contribution in [0.1, 0.15) is 19.0 Å². The highest BCUT2D eigenvalue weighted by Crippen LogP contribution is 2.44. The van der Waals surface area contributed by atoms with Crippen LogP contribution in [0.25, 0.3) is 11.0 Å². The Kier molecular flexibility index (Phi) is 3.50. The first-order chi connectivity index (χ1) is 13.2. The molecule has 0 amide bonds. The van der Waals surface area contributed by atoms with Crippen LogP contribution in [0.3, 0.4) is 0 Å². The molecule has 2 aliphatic rings. The van der Waals surface area contributed by atoms with Crippen molar-refractivity contribution < 1.29 is 0 Å². The summed E-state index contributed by atoms with van der Waals surface area (Å²) < 4.78 is 0. The van der Waals surface area contributed by atoms with Crippen molar-refractivity contribution in [3.05, 3.63) is 36.4 Å². The number of piperidine rings is 1. The number of nitrogens with one attached hydrogen (secondary N) is 1. The van der Waals surface area contributed by atoms with Crippen LogP contribution < -0.4 is 9.80 Å². The normalized spacial score (nSPS) is 24.8. The lowest BCUT2D eigenvalue weighted by molar-refractivity contribution is 0.216. The molecule has 5 heterocycles. The number of hydrogen-bond acceptors (Lipinski definition) is 7. The minimum Gasteiger partial charge on any atom is -0.355 e. The number of fused-ring (bicyclic) bond motifs is 2. The summed E-state index contributed by atoms with van der Waals surface area (Å²) in [6.45, 7) is 6.21. The highest BCUT2D eigenvalue weighted by atomic mass is 15.3. The lowest BCUT2D eigenvalue weighted by Crippen LogP contribution is -2.47. The average Bonchev–Trinajstić information content (AvgIpc) is 3.31. The Morgan fingerprint density at radius 1 is 1.19 bits per heavy atom. The fourth-order valence-electron chi connectivity index (χ4n) is 4.58. The maximum Gasteiger partial charge on any atom is 0.163 e. The number of aromatic amines is 1. The van der Waals surface area contributed by atoms with E-state index < -0.39 is 0 Å². The Bertz CT molecular complexity index is 1020. The van der Waals surface area contributed by atoms with Crippen LogP contribution in [0.5, 0.6) is 0 Å². The van der Waals surface area contributed by atoms with E-state index in [2.05, 4.69) is 41.9 Å². The number of anilines is 2. The van der Waals surface area contributed by atoms with Gasteiger partial charge in [0.05, 0.1) is 5.39 Å². The summed E-state index contributed by atoms with van der Waals surface area (Å²) in [5.74, 6) is 2.47. The van der Waals surface area contributed by atoms with Crippen molar-refractivity contribution in [2.24, 2.45) is 11.3 Å². The van der Waals surface area contributed by atoms with E-state index in [1.165, 1.54) is 0 Å². The van der Waals surface area contributed by atoms with Crippen molar-refractivity contribution in [2.75, 3.05) is 36.0 Å². The van der Waals surface area contributed by atoms with Crippen molar-refractivity contribution in [3.8, 4) is 6.07 Å². The Balaban J connectivity index is 1.40. The molecule has 5 rings (SSSR count). The van der Waals surface area contributed by atoms with Crippen molar-refractivity contribution in [1.29, 1.82) is 5.26 Å². The van der Waals surface area contributed by atoms with Crippen LogP contribution in [0, 0.1) is 22.7 Å². The first-order valence-corrected chi connectivity index (χ1v) is 9.18. The molecule has 2 aliphatic heterocycles. The van der Waals surface area contributed by atoms with Gasteiger partial charge >= 0.3 is 0 Å². The van der Waals surface area contributed by atoms with Crippen LogP contribution in [0.15, 0.2) is 30.7 Å². The number of H-pyrrole nitrogens is 1. The molecule has 0 bridgehead atoms. The van der Waals surface area contributed by atoms with Gasteiger partial charge in [-0.2, -0.15) is 5.26 Å². The van der Waals surface area contributed by atoms with Gasteiger partial charge in [-0.25, -0.2) is 9.97 Å². The fraction of sp³-hybridized carbons (Fsp3) is 0.421. The first-order valence-electron chi connectivity index (χ1n) is 9.18. The molecule has 3 aromatic heterocycles. The van der Waals surface area contributed by atoms with Gasteiger partial charge in [-0.15, -0.1) is 10.2 Å². The maximum absolute atomic E-state index is 8.92. The van der Waals surface area contributed by atoms with E-state index in [0.29, 0.717) is 11.6 Å². The second kappa shape index (κ2) is 5.91. The second-order valence-electron chi connectivity index (χ2n) is 7.77. The Morgan fingerprint density at radius 3 is 2.89 bits per heavy atom. The predicted molar refractivity (Wildman–Crippen MR) is 101 cm³/mol. The summed E-state index contributed by atoms with van der Waals surface area (Å²) in [6.07, 6.45) is 4.67. The molecular weight excluding hydrogens is 340 g/mol. The molecule has 2 atom stereocenters. The van der Waals surface area contributed by atoms with E-state index in [1.807, 2.05) is 24.4 Å². The monoisotopic (exact) mass is 360 g/mol. The molecule has 2 fully saturated rings. The molecule has 0 spiro atoms. The van der Waals surface area contributed by atoms with E-state index in [4.69, 9.17) is 5.26 Å². The number of rotatable bonds is 2. The van der Waals surface area contributed by atoms with Gasteiger partial charge in [0.25, 0.3) is 0 Å². The minimum atomic E-state index is 0.154. The molecule has 0 saturated carbocycles. The van der Waals surface area contributed by atoms with E-state index in [0.717, 1.165) is 55.3 Å². The SMILES string of the molecule is C[C@]12CN(c3ccc(C#N)nn3)CC1CCN(c1ncnc3[nH]ccc13)C2. The van der Waals surface area contributed by atoms with E-state index >= 15 is 0 Å². The van der Waals surface area contributed by atoms with Crippen LogP contribution in [-0.4, -0.2) is 51.3 Å². The zero-order chi connectivity index (χ0) is 18.4. The molecular formula is C19H20N8. The van der Waals surface area contributed by atoms with Gasteiger partial charge < -0.3 is 14.8 Å². The van der Waals surface area contributed by atoms with E-state index in [-0.39, 0.29) is 5.41 Å². The van der Waals surface area contributed by atoms with E-state index in [9.17, 15) is 0 Å². The molecule has 8 nitrogen and oxygen atoms in total. The molecule has 1 unspecified atom stereocenters. The number of nitrogens with zero attached hydrogens (tertiary/aromatic N) is 7. The van der Waals surface area contributed by atoms with Crippen molar-refractivity contribution in [1.82, 2.24) is 25.1 Å². The summed E-state index contributed by atoms with van der Waals surface area (Å²) in [4.78, 5) is 16.7. The first kappa shape index (κ1) is 16.0. The number of aromatic nitrogens is 5. The van der Waals surface area contributed by atoms with Gasteiger partial charge in [0, 0.05) is 37.8 Å². The third-order valence-corrected chi connectivity index (χ3v) is 6.00. The van der Waals surface area contributed by atoms with Gasteiger partial charge in [0.2, 0.25) is 0 Å². The summed E-state index contributed by atoms with van der Waals surface area (Å²) in [5, 5.41) is 18.2. The topological polar surface area (TPSA) is 97.6 Å². The smallest absolute Gasteiger partial charge is 0.163 e. The van der Waals surface area contributed by atoms with Crippen LogP contribution >= 0.6 is 0 Å². The fourth-order valence-corrected chi connectivity index (χ4v) is 4.58. The van der Waals surface area contributed by atoms with Gasteiger partial charge in [-0.05, 0) is 30.5 Å². The lowest BCUT2D eigenvalue weighted by atomic mass is 9.75. The molecule has 0 aliphatic carbocycles. The molecule has 3 aromatic rings. The van der Waals surface area contributed by atoms with Crippen molar-refractivity contribution >= 4 is 22.7 Å². The molecule has 0 aromatic carbocycles. The lowest BCUT2D eigenvalue weighted by Gasteiger charge is -2.42. The quantitative estimate of drug-likeness (QED) is 0.746. The van der Waals surface area contributed by atoms with Gasteiger partial charge in [0.15, 0.2) is 11.5 Å². The Labute approximate surface area is 156 Å². The van der Waals surface area contributed by atoms with Crippen molar-refractivity contribution in [3.63, 3.8) is 0 Å². The summed E-state index contributed by atoms with van der Waals surface area (Å²) >= 11 is 0. The summed E-state index contributed by atoms with van der Waals surface area (Å²) in [5.41, 5.74) is 1.39. The number of hydrogen-bond donors (Lipinski definition) is 1. The second-order valence-corrected chi connectivity index (χ2v) is 7.77. The zero-order valence-corrected chi connectivity index (χ0v) is 15.1. The molecule has 0 radical (unpaired) electrons. The van der Waals surface area contributed by atoms with Gasteiger partial charge in [0.1, 0.15) is 23.9 Å². The molecule has 136 valence electrons. The van der Waals surface area contributed by atoms with Gasteiger partial charge in [-0.1, -0.05) is 6.92 Å². The zero-order valence-electron chi connectivity index (χ0n) is 15.1. The summed E-state index contributed by atoms with van der Waals surface area (Å²) in [6, 6.07) is 7.71. The predicted octanol–water partition coefficient (Wildman–Crippen LogP) is 1.97. The highest BCUT2D eigenvalue weighted by Gasteiger charge is 2.47. The largest absolute Gasteiger partial charge is 0.355 e. The minimum absolute atomic E-state index is 0.154. The van der Waals surface area contributed by atoms with Crippen LogP contribution in [-0.2, 0) is 0 Å². The molecule has 1 N–H and O–H groups in total. The average molecular weight is 360 g/mol. The van der Waals surface area contributed by atoms with Crippen LogP contribution in [0.2, 0.25) is 0 Å².